The fraction of sp³-hybridized carbons (Fsp3) is 0.312. The maximum Gasteiger partial charge on any atom is 0.258 e. The number of hydrogen-bond acceptors (Lipinski definition) is 5. The second-order valence-corrected chi connectivity index (χ2v) is 5.63. The average Bonchev–Trinajstić information content (AvgIpc) is 2.52. The highest BCUT2D eigenvalue weighted by molar-refractivity contribution is 6.30. The van der Waals surface area contributed by atoms with E-state index >= 15 is 0 Å². The highest BCUT2D eigenvalue weighted by atomic mass is 35.5. The van der Waals surface area contributed by atoms with Crippen molar-refractivity contribution in [3.63, 3.8) is 0 Å². The number of amides is 1. The van der Waals surface area contributed by atoms with Crippen molar-refractivity contribution in [2.75, 3.05) is 25.6 Å². The van der Waals surface area contributed by atoms with Crippen LogP contribution in [0.25, 0.3) is 0 Å². The van der Waals surface area contributed by atoms with E-state index in [1.165, 1.54) is 0 Å². The number of halogens is 1. The Kier molecular flexibility index (Phi) is 5.76. The molecule has 0 saturated carbocycles. The summed E-state index contributed by atoms with van der Waals surface area (Å²) in [6.07, 6.45) is 0. The van der Waals surface area contributed by atoms with Crippen LogP contribution < -0.4 is 15.0 Å². The van der Waals surface area contributed by atoms with E-state index in [2.05, 4.69) is 15.3 Å². The summed E-state index contributed by atoms with van der Waals surface area (Å²) < 4.78 is 5.38. The molecule has 0 bridgehead atoms. The third-order valence-electron chi connectivity index (χ3n) is 2.97. The minimum atomic E-state index is -0.239. The zero-order valence-electron chi connectivity index (χ0n) is 13.3. The molecule has 0 atom stereocenters. The van der Waals surface area contributed by atoms with E-state index in [0.717, 1.165) is 11.5 Å². The summed E-state index contributed by atoms with van der Waals surface area (Å²) in [5.41, 5.74) is 0.852. The van der Waals surface area contributed by atoms with Gasteiger partial charge in [0.05, 0.1) is 6.54 Å². The summed E-state index contributed by atoms with van der Waals surface area (Å²) in [5, 5.41) is 3.36. The van der Waals surface area contributed by atoms with E-state index in [9.17, 15) is 4.79 Å². The Labute approximate surface area is 140 Å². The maximum atomic E-state index is 11.8. The van der Waals surface area contributed by atoms with Crippen LogP contribution in [0, 0.1) is 6.92 Å². The van der Waals surface area contributed by atoms with Crippen molar-refractivity contribution in [1.82, 2.24) is 15.3 Å². The number of anilines is 1. The zero-order valence-corrected chi connectivity index (χ0v) is 14.1. The Hall–Kier alpha value is -2.34. The van der Waals surface area contributed by atoms with Gasteiger partial charge in [0.2, 0.25) is 0 Å². The summed E-state index contributed by atoms with van der Waals surface area (Å²) >= 11 is 5.79. The van der Waals surface area contributed by atoms with Crippen LogP contribution in [-0.2, 0) is 11.3 Å². The second-order valence-electron chi connectivity index (χ2n) is 5.20. The molecule has 1 heterocycles. The number of aromatic nitrogens is 2. The Bertz CT molecular complexity index is 674. The largest absolute Gasteiger partial charge is 0.484 e. The number of hydrogen-bond donors (Lipinski definition) is 1. The molecule has 0 aliphatic heterocycles. The number of carbonyl (C=O) groups excluding carboxylic acids is 1. The summed E-state index contributed by atoms with van der Waals surface area (Å²) in [6.45, 7) is 2.07. The molecule has 0 fully saturated rings. The quantitative estimate of drug-likeness (QED) is 0.877. The average molecular weight is 335 g/mol. The van der Waals surface area contributed by atoms with Crippen molar-refractivity contribution in [2.45, 2.75) is 13.5 Å². The van der Waals surface area contributed by atoms with Crippen LogP contribution >= 0.6 is 11.6 Å². The molecule has 7 heteroatoms. The van der Waals surface area contributed by atoms with E-state index in [1.807, 2.05) is 32.0 Å². The van der Waals surface area contributed by atoms with Crippen LogP contribution in [0.1, 0.15) is 11.5 Å². The van der Waals surface area contributed by atoms with Crippen molar-refractivity contribution >= 4 is 23.3 Å². The molecule has 1 aromatic heterocycles. The second kappa shape index (κ2) is 7.78. The third-order valence-corrected chi connectivity index (χ3v) is 3.22. The predicted octanol–water partition coefficient (Wildman–Crippen LogP) is 2.20. The van der Waals surface area contributed by atoms with Crippen LogP contribution in [0.15, 0.2) is 30.3 Å². The van der Waals surface area contributed by atoms with Gasteiger partial charge in [-0.15, -0.1) is 0 Å². The molecule has 122 valence electrons. The maximum absolute atomic E-state index is 11.8. The Morgan fingerprint density at radius 2 is 1.96 bits per heavy atom. The molecular formula is C16H19ClN4O2. The molecule has 2 rings (SSSR count). The molecule has 1 N–H and O–H groups in total. The van der Waals surface area contributed by atoms with Gasteiger partial charge in [-0.25, -0.2) is 9.97 Å². The number of nitrogens with one attached hydrogen (secondary N) is 1. The summed E-state index contributed by atoms with van der Waals surface area (Å²) in [4.78, 5) is 22.4. The lowest BCUT2D eigenvalue weighted by Crippen LogP contribution is -2.29. The van der Waals surface area contributed by atoms with Crippen LogP contribution in [-0.4, -0.2) is 36.6 Å². The van der Waals surface area contributed by atoms with Gasteiger partial charge < -0.3 is 15.0 Å². The molecule has 0 spiro atoms. The SMILES string of the molecule is Cc1cc(N(C)C)nc(CNC(=O)COc2ccc(Cl)cc2)n1. The number of ether oxygens (including phenoxy) is 1. The smallest absolute Gasteiger partial charge is 0.258 e. The van der Waals surface area contributed by atoms with Crippen molar-refractivity contribution in [1.29, 1.82) is 0 Å². The van der Waals surface area contributed by atoms with Crippen molar-refractivity contribution in [2.24, 2.45) is 0 Å². The number of aryl methyl sites for hydroxylation is 1. The summed E-state index contributed by atoms with van der Waals surface area (Å²) in [5.74, 6) is 1.72. The van der Waals surface area contributed by atoms with E-state index in [4.69, 9.17) is 16.3 Å². The monoisotopic (exact) mass is 334 g/mol. The molecule has 1 amide bonds. The minimum absolute atomic E-state index is 0.0754. The lowest BCUT2D eigenvalue weighted by molar-refractivity contribution is -0.123. The van der Waals surface area contributed by atoms with Crippen LogP contribution in [0.2, 0.25) is 5.02 Å². The zero-order chi connectivity index (χ0) is 16.8. The van der Waals surface area contributed by atoms with Crippen LogP contribution in [0.4, 0.5) is 5.82 Å². The van der Waals surface area contributed by atoms with E-state index in [0.29, 0.717) is 16.6 Å². The van der Waals surface area contributed by atoms with Gasteiger partial charge >= 0.3 is 0 Å². The molecular weight excluding hydrogens is 316 g/mol. The molecule has 23 heavy (non-hydrogen) atoms. The highest BCUT2D eigenvalue weighted by Gasteiger charge is 2.07. The molecule has 6 nitrogen and oxygen atoms in total. The summed E-state index contributed by atoms with van der Waals surface area (Å²) in [7, 11) is 3.81. The first kappa shape index (κ1) is 17.0. The molecule has 2 aromatic rings. The summed E-state index contributed by atoms with van der Waals surface area (Å²) in [6, 6.07) is 8.72. The number of benzene rings is 1. The third kappa shape index (κ3) is 5.41. The van der Waals surface area contributed by atoms with Crippen molar-refractivity contribution < 1.29 is 9.53 Å². The standard InChI is InChI=1S/C16H19ClN4O2/c1-11-8-15(21(2)3)20-14(19-11)9-18-16(22)10-23-13-6-4-12(17)5-7-13/h4-8H,9-10H2,1-3H3,(H,18,22). The van der Waals surface area contributed by atoms with Crippen molar-refractivity contribution in [3.05, 3.63) is 46.9 Å². The van der Waals surface area contributed by atoms with Gasteiger partial charge in [-0.3, -0.25) is 4.79 Å². The number of carbonyl (C=O) groups is 1. The van der Waals surface area contributed by atoms with Gasteiger partial charge in [-0.1, -0.05) is 11.6 Å². The normalized spacial score (nSPS) is 10.3. The van der Waals surface area contributed by atoms with Gasteiger partial charge in [0.25, 0.3) is 5.91 Å². The first-order valence-corrected chi connectivity index (χ1v) is 7.49. The fourth-order valence-corrected chi connectivity index (χ4v) is 1.95. The topological polar surface area (TPSA) is 67.4 Å². The lowest BCUT2D eigenvalue weighted by Gasteiger charge is -2.13. The van der Waals surface area contributed by atoms with E-state index < -0.39 is 0 Å². The van der Waals surface area contributed by atoms with Crippen LogP contribution in [0.5, 0.6) is 5.75 Å². The number of rotatable bonds is 6. The molecule has 0 saturated heterocycles. The van der Waals surface area contributed by atoms with Gasteiger partial charge in [0.15, 0.2) is 6.61 Å². The van der Waals surface area contributed by atoms with E-state index in [-0.39, 0.29) is 19.1 Å². The first-order chi connectivity index (χ1) is 10.9. The molecule has 0 aliphatic rings. The van der Waals surface area contributed by atoms with Gasteiger partial charge in [0.1, 0.15) is 17.4 Å². The first-order valence-electron chi connectivity index (χ1n) is 7.11. The van der Waals surface area contributed by atoms with Crippen molar-refractivity contribution in [3.8, 4) is 5.75 Å². The van der Waals surface area contributed by atoms with Gasteiger partial charge in [0, 0.05) is 30.9 Å². The Morgan fingerprint density at radius 1 is 1.26 bits per heavy atom. The lowest BCUT2D eigenvalue weighted by atomic mass is 10.3. The Balaban J connectivity index is 1.85. The number of nitrogens with zero attached hydrogens (tertiary/aromatic N) is 3. The van der Waals surface area contributed by atoms with Gasteiger partial charge in [-0.05, 0) is 31.2 Å². The molecule has 0 radical (unpaired) electrons. The van der Waals surface area contributed by atoms with Gasteiger partial charge in [-0.2, -0.15) is 0 Å². The highest BCUT2D eigenvalue weighted by Crippen LogP contribution is 2.15. The van der Waals surface area contributed by atoms with E-state index in [1.54, 1.807) is 24.3 Å². The molecule has 0 unspecified atom stereocenters. The molecule has 0 aliphatic carbocycles. The minimum Gasteiger partial charge on any atom is -0.484 e. The predicted molar refractivity (Wildman–Crippen MR) is 89.9 cm³/mol. The Morgan fingerprint density at radius 3 is 2.61 bits per heavy atom. The molecule has 1 aromatic carbocycles. The van der Waals surface area contributed by atoms with Crippen LogP contribution in [0.3, 0.4) is 0 Å². The fourth-order valence-electron chi connectivity index (χ4n) is 1.83.